The molecule has 60 valence electrons. The predicted octanol–water partition coefficient (Wildman–Crippen LogP) is 0.0447. The molecule has 1 aliphatic rings. The van der Waals surface area contributed by atoms with Crippen LogP contribution in [0.15, 0.2) is 0 Å². The number of nitrogens with one attached hydrogen (secondary N) is 1. The molecule has 1 atom stereocenters. The lowest BCUT2D eigenvalue weighted by molar-refractivity contribution is 0.192. The molecule has 6 heteroatoms. The Morgan fingerprint density at radius 2 is 2.30 bits per heavy atom. The summed E-state index contributed by atoms with van der Waals surface area (Å²) in [7, 11) is -3.07. The maximum absolute atomic E-state index is 10.6. The van der Waals surface area contributed by atoms with Crippen LogP contribution in [0.5, 0.6) is 0 Å². The maximum atomic E-state index is 10.6. The maximum Gasteiger partial charge on any atom is 0.265 e. The van der Waals surface area contributed by atoms with Crippen LogP contribution < -0.4 is 4.72 Å². The van der Waals surface area contributed by atoms with Crippen molar-refractivity contribution in [1.29, 1.82) is 0 Å². The van der Waals surface area contributed by atoms with Crippen molar-refractivity contribution in [3.8, 4) is 0 Å². The minimum absolute atomic E-state index is 0.0121. The number of rotatable bonds is 2. The van der Waals surface area contributed by atoms with E-state index in [0.29, 0.717) is 13.2 Å². The van der Waals surface area contributed by atoms with Gasteiger partial charge in [-0.05, 0) is 6.42 Å². The Balaban J connectivity index is 2.38. The highest BCUT2D eigenvalue weighted by molar-refractivity contribution is 14.2. The molecule has 1 rings (SSSR count). The molecule has 10 heavy (non-hydrogen) atoms. The monoisotopic (exact) mass is 277 g/mol. The molecule has 1 aliphatic heterocycles. The summed E-state index contributed by atoms with van der Waals surface area (Å²) in [6.07, 6.45) is 0.780. The molecule has 4 nitrogen and oxygen atoms in total. The number of ether oxygens (including phenoxy) is 1. The highest BCUT2D eigenvalue weighted by atomic mass is 127. The zero-order chi connectivity index (χ0) is 7.61. The second-order valence-electron chi connectivity index (χ2n) is 2.12. The van der Waals surface area contributed by atoms with Crippen LogP contribution in [-0.2, 0) is 11.9 Å². The summed E-state index contributed by atoms with van der Waals surface area (Å²) in [4.78, 5) is 0. The summed E-state index contributed by atoms with van der Waals surface area (Å²) in [6, 6.07) is -0.0121. The number of hydrogen-bond acceptors (Lipinski definition) is 3. The van der Waals surface area contributed by atoms with Crippen LogP contribution in [0, 0.1) is 0 Å². The molecule has 0 saturated carbocycles. The third-order valence-electron chi connectivity index (χ3n) is 1.24. The van der Waals surface area contributed by atoms with E-state index < -0.39 is 7.19 Å². The molecular weight excluding hydrogens is 269 g/mol. The van der Waals surface area contributed by atoms with Gasteiger partial charge in [0.1, 0.15) is 0 Å². The molecule has 0 aromatic carbocycles. The average molecular weight is 277 g/mol. The molecule has 1 fully saturated rings. The second kappa shape index (κ2) is 3.33. The highest BCUT2D eigenvalue weighted by Crippen LogP contribution is 2.07. The average Bonchev–Trinajstić information content (AvgIpc) is 2.12. The van der Waals surface area contributed by atoms with Crippen molar-refractivity contribution in [2.24, 2.45) is 0 Å². The van der Waals surface area contributed by atoms with Gasteiger partial charge < -0.3 is 4.74 Å². The van der Waals surface area contributed by atoms with Gasteiger partial charge in [-0.15, -0.1) is 0 Å². The van der Waals surface area contributed by atoms with Crippen LogP contribution in [0.3, 0.4) is 0 Å². The van der Waals surface area contributed by atoms with Gasteiger partial charge in [0.05, 0.1) is 27.8 Å². The van der Waals surface area contributed by atoms with Gasteiger partial charge in [-0.25, -0.2) is 13.1 Å². The SMILES string of the molecule is O=S(=O)(I)N[C@H]1CCOC1. The van der Waals surface area contributed by atoms with E-state index in [-0.39, 0.29) is 6.04 Å². The zero-order valence-electron chi connectivity index (χ0n) is 5.21. The third kappa shape index (κ3) is 3.13. The summed E-state index contributed by atoms with van der Waals surface area (Å²) in [6.45, 7) is 1.16. The van der Waals surface area contributed by atoms with E-state index in [0.717, 1.165) is 6.42 Å². The lowest BCUT2D eigenvalue weighted by Gasteiger charge is -2.05. The van der Waals surface area contributed by atoms with Crippen molar-refractivity contribution >= 4 is 28.4 Å². The molecule has 1 saturated heterocycles. The van der Waals surface area contributed by atoms with Crippen LogP contribution >= 0.6 is 21.2 Å². The predicted molar refractivity (Wildman–Crippen MR) is 45.3 cm³/mol. The zero-order valence-corrected chi connectivity index (χ0v) is 8.18. The van der Waals surface area contributed by atoms with Crippen LogP contribution in [0.1, 0.15) is 6.42 Å². The molecule has 0 radical (unpaired) electrons. The summed E-state index contributed by atoms with van der Waals surface area (Å²) >= 11 is 1.37. The number of halogens is 1. The molecule has 0 unspecified atom stereocenters. The summed E-state index contributed by atoms with van der Waals surface area (Å²) < 4.78 is 28.6. The van der Waals surface area contributed by atoms with Crippen molar-refractivity contribution < 1.29 is 13.2 Å². The van der Waals surface area contributed by atoms with E-state index in [2.05, 4.69) is 4.72 Å². The van der Waals surface area contributed by atoms with Gasteiger partial charge >= 0.3 is 0 Å². The molecule has 0 aliphatic carbocycles. The van der Waals surface area contributed by atoms with Crippen LogP contribution in [0.25, 0.3) is 0 Å². The molecule has 0 aromatic heterocycles. The Morgan fingerprint density at radius 1 is 1.60 bits per heavy atom. The summed E-state index contributed by atoms with van der Waals surface area (Å²) in [5, 5.41) is 0. The van der Waals surface area contributed by atoms with Gasteiger partial charge in [-0.2, -0.15) is 0 Å². The van der Waals surface area contributed by atoms with Gasteiger partial charge in [0, 0.05) is 12.6 Å². The standard InChI is InChI=1S/C4H8INO3S/c5-10(7,8)6-4-1-2-9-3-4/h4,6H,1-3H2/t4-/m0/s1. The quantitative estimate of drug-likeness (QED) is 0.573. The molecular formula is C4H8INO3S. The van der Waals surface area contributed by atoms with Crippen molar-refractivity contribution in [2.75, 3.05) is 13.2 Å². The Bertz CT molecular complexity index is 197. The second-order valence-corrected chi connectivity index (χ2v) is 6.71. The van der Waals surface area contributed by atoms with E-state index in [1.807, 2.05) is 0 Å². The molecule has 1 N–H and O–H groups in total. The van der Waals surface area contributed by atoms with Crippen molar-refractivity contribution in [1.82, 2.24) is 4.72 Å². The molecule has 0 aromatic rings. The first kappa shape index (κ1) is 8.69. The van der Waals surface area contributed by atoms with Crippen LogP contribution in [0.4, 0.5) is 0 Å². The fourth-order valence-electron chi connectivity index (χ4n) is 0.827. The van der Waals surface area contributed by atoms with E-state index in [9.17, 15) is 8.42 Å². The summed E-state index contributed by atoms with van der Waals surface area (Å²) in [5.74, 6) is 0. The van der Waals surface area contributed by atoms with Gasteiger partial charge in [0.25, 0.3) is 7.19 Å². The Labute approximate surface area is 72.0 Å². The Morgan fingerprint density at radius 3 is 2.70 bits per heavy atom. The van der Waals surface area contributed by atoms with Crippen molar-refractivity contribution in [3.63, 3.8) is 0 Å². The fraction of sp³-hybridized carbons (Fsp3) is 1.00. The smallest absolute Gasteiger partial charge is 0.265 e. The highest BCUT2D eigenvalue weighted by Gasteiger charge is 2.19. The van der Waals surface area contributed by atoms with E-state index in [1.165, 1.54) is 21.2 Å². The Hall–Kier alpha value is 0.600. The minimum Gasteiger partial charge on any atom is -0.380 e. The number of hydrogen-bond donors (Lipinski definition) is 1. The minimum atomic E-state index is -3.07. The Kier molecular flexibility index (Phi) is 2.90. The van der Waals surface area contributed by atoms with Crippen LogP contribution in [0.2, 0.25) is 0 Å². The lowest BCUT2D eigenvalue weighted by atomic mass is 10.3. The van der Waals surface area contributed by atoms with E-state index >= 15 is 0 Å². The van der Waals surface area contributed by atoms with Gasteiger partial charge in [-0.3, -0.25) is 0 Å². The van der Waals surface area contributed by atoms with Gasteiger partial charge in [0.15, 0.2) is 0 Å². The van der Waals surface area contributed by atoms with Gasteiger partial charge in [0.2, 0.25) is 0 Å². The third-order valence-corrected chi connectivity index (χ3v) is 2.61. The molecule has 0 spiro atoms. The van der Waals surface area contributed by atoms with Crippen LogP contribution in [-0.4, -0.2) is 27.7 Å². The normalized spacial score (nSPS) is 27.1. The van der Waals surface area contributed by atoms with Gasteiger partial charge in [-0.1, -0.05) is 0 Å². The molecule has 1 heterocycles. The first-order valence-corrected chi connectivity index (χ1v) is 6.90. The lowest BCUT2D eigenvalue weighted by Crippen LogP contribution is -2.31. The van der Waals surface area contributed by atoms with E-state index in [1.54, 1.807) is 0 Å². The topological polar surface area (TPSA) is 55.4 Å². The first-order valence-electron chi connectivity index (χ1n) is 2.87. The first-order chi connectivity index (χ1) is 4.58. The van der Waals surface area contributed by atoms with Crippen molar-refractivity contribution in [2.45, 2.75) is 12.5 Å². The molecule has 0 bridgehead atoms. The molecule has 0 amide bonds. The fourth-order valence-corrected chi connectivity index (χ4v) is 2.49. The largest absolute Gasteiger partial charge is 0.380 e. The van der Waals surface area contributed by atoms with Crippen molar-refractivity contribution in [3.05, 3.63) is 0 Å². The van der Waals surface area contributed by atoms with E-state index in [4.69, 9.17) is 4.74 Å². The summed E-state index contributed by atoms with van der Waals surface area (Å²) in [5.41, 5.74) is 0.